The average Bonchev–Trinajstić information content (AvgIpc) is 2.47. The van der Waals surface area contributed by atoms with E-state index >= 15 is 0 Å². The minimum Gasteiger partial charge on any atom is -0.496 e. The number of hydrogen-bond donors (Lipinski definition) is 0. The molecule has 20 heavy (non-hydrogen) atoms. The summed E-state index contributed by atoms with van der Waals surface area (Å²) in [5.74, 6) is 1.98. The van der Waals surface area contributed by atoms with E-state index in [0.29, 0.717) is 11.6 Å². The van der Waals surface area contributed by atoms with Crippen LogP contribution in [0.1, 0.15) is 11.4 Å². The Kier molecular flexibility index (Phi) is 4.16. The zero-order valence-electron chi connectivity index (χ0n) is 11.7. The van der Waals surface area contributed by atoms with Gasteiger partial charge in [0.2, 0.25) is 0 Å². The van der Waals surface area contributed by atoms with Crippen LogP contribution >= 0.6 is 0 Å². The van der Waals surface area contributed by atoms with Crippen molar-refractivity contribution in [1.82, 2.24) is 9.97 Å². The molecule has 0 bridgehead atoms. The smallest absolute Gasteiger partial charge is 0.142 e. The molecule has 0 aliphatic carbocycles. The van der Waals surface area contributed by atoms with Crippen LogP contribution in [0, 0.1) is 18.3 Å². The fourth-order valence-electron chi connectivity index (χ4n) is 2.06. The first kappa shape index (κ1) is 13.8. The summed E-state index contributed by atoms with van der Waals surface area (Å²) in [6.07, 6.45) is 1.83. The Morgan fingerprint density at radius 3 is 2.65 bits per heavy atom. The molecule has 1 heterocycles. The summed E-state index contributed by atoms with van der Waals surface area (Å²) in [5, 5.41) is 8.72. The van der Waals surface area contributed by atoms with Gasteiger partial charge in [0.25, 0.3) is 0 Å². The molecule has 0 unspecified atom stereocenters. The van der Waals surface area contributed by atoms with Crippen molar-refractivity contribution in [1.29, 1.82) is 5.26 Å². The highest BCUT2D eigenvalue weighted by Crippen LogP contribution is 2.36. The van der Waals surface area contributed by atoms with Gasteiger partial charge in [0.1, 0.15) is 17.3 Å². The second kappa shape index (κ2) is 6.02. The Hall–Kier alpha value is -2.61. The van der Waals surface area contributed by atoms with Crippen molar-refractivity contribution in [3.05, 3.63) is 35.8 Å². The Labute approximate surface area is 117 Å². The molecule has 102 valence electrons. The first-order valence-electron chi connectivity index (χ1n) is 6.12. The van der Waals surface area contributed by atoms with Gasteiger partial charge in [0, 0.05) is 17.3 Å². The molecule has 5 nitrogen and oxygen atoms in total. The summed E-state index contributed by atoms with van der Waals surface area (Å²) >= 11 is 0. The molecule has 0 amide bonds. The minimum absolute atomic E-state index is 0.186. The molecule has 0 atom stereocenters. The third kappa shape index (κ3) is 2.54. The average molecular weight is 269 g/mol. The molecule has 1 aromatic heterocycles. The van der Waals surface area contributed by atoms with Gasteiger partial charge in [-0.2, -0.15) is 5.26 Å². The number of nitrogens with zero attached hydrogens (tertiary/aromatic N) is 3. The van der Waals surface area contributed by atoms with E-state index < -0.39 is 0 Å². The molecule has 0 aliphatic rings. The van der Waals surface area contributed by atoms with E-state index in [2.05, 4.69) is 9.97 Å². The van der Waals surface area contributed by atoms with Crippen LogP contribution in [0.3, 0.4) is 0 Å². The second-order valence-corrected chi connectivity index (χ2v) is 4.17. The van der Waals surface area contributed by atoms with Gasteiger partial charge in [-0.1, -0.05) is 0 Å². The van der Waals surface area contributed by atoms with Crippen LogP contribution < -0.4 is 9.47 Å². The molecule has 1 aromatic carbocycles. The quantitative estimate of drug-likeness (QED) is 0.853. The van der Waals surface area contributed by atoms with Crippen LogP contribution in [0.25, 0.3) is 11.3 Å². The van der Waals surface area contributed by atoms with Gasteiger partial charge >= 0.3 is 0 Å². The highest BCUT2D eigenvalue weighted by Gasteiger charge is 2.14. The third-order valence-corrected chi connectivity index (χ3v) is 3.00. The van der Waals surface area contributed by atoms with E-state index in [1.807, 2.05) is 25.1 Å². The van der Waals surface area contributed by atoms with Crippen molar-refractivity contribution < 1.29 is 9.47 Å². The summed E-state index contributed by atoms with van der Waals surface area (Å²) in [5.41, 5.74) is 2.49. The fraction of sp³-hybridized carbons (Fsp3) is 0.267. The molecule has 0 spiro atoms. The zero-order valence-corrected chi connectivity index (χ0v) is 11.7. The summed E-state index contributed by atoms with van der Waals surface area (Å²) in [4.78, 5) is 8.45. The maximum atomic E-state index is 8.72. The van der Waals surface area contributed by atoms with Crippen LogP contribution in [0.5, 0.6) is 11.5 Å². The highest BCUT2D eigenvalue weighted by molar-refractivity contribution is 5.71. The first-order chi connectivity index (χ1) is 9.71. The molecular formula is C15H15N3O2. The van der Waals surface area contributed by atoms with Gasteiger partial charge in [-0.25, -0.2) is 9.97 Å². The van der Waals surface area contributed by atoms with E-state index in [4.69, 9.17) is 14.7 Å². The fourth-order valence-corrected chi connectivity index (χ4v) is 2.06. The van der Waals surface area contributed by atoms with Crippen LogP contribution in [-0.4, -0.2) is 24.2 Å². The predicted octanol–water partition coefficient (Wildman–Crippen LogP) is 2.54. The molecular weight excluding hydrogens is 254 g/mol. The number of methoxy groups -OCH3 is 2. The lowest BCUT2D eigenvalue weighted by Gasteiger charge is -2.14. The lowest BCUT2D eigenvalue weighted by atomic mass is 10.1. The van der Waals surface area contributed by atoms with E-state index in [9.17, 15) is 0 Å². The monoisotopic (exact) mass is 269 g/mol. The number of hydrogen-bond acceptors (Lipinski definition) is 5. The third-order valence-electron chi connectivity index (χ3n) is 3.00. The molecule has 0 N–H and O–H groups in total. The summed E-state index contributed by atoms with van der Waals surface area (Å²) < 4.78 is 10.8. The Bertz CT molecular complexity index is 663. The standard InChI is InChI=1S/C15H15N3O2/c1-10-13(19-2)5-4-11(15(10)20-3)12-7-9-17-14(18-12)6-8-16/h4-5,7,9H,6H2,1-3H3. The van der Waals surface area contributed by atoms with Gasteiger partial charge in [0.15, 0.2) is 0 Å². The van der Waals surface area contributed by atoms with Crippen LogP contribution in [0.15, 0.2) is 24.4 Å². The normalized spacial score (nSPS) is 9.90. The molecule has 2 rings (SSSR count). The van der Waals surface area contributed by atoms with Crippen LogP contribution in [0.4, 0.5) is 0 Å². The zero-order chi connectivity index (χ0) is 14.5. The number of rotatable bonds is 4. The topological polar surface area (TPSA) is 68.0 Å². The number of nitriles is 1. The van der Waals surface area contributed by atoms with Crippen molar-refractivity contribution in [2.24, 2.45) is 0 Å². The van der Waals surface area contributed by atoms with Gasteiger partial charge in [-0.15, -0.1) is 0 Å². The minimum atomic E-state index is 0.186. The molecule has 2 aromatic rings. The van der Waals surface area contributed by atoms with Crippen molar-refractivity contribution >= 4 is 0 Å². The molecule has 0 aliphatic heterocycles. The maximum absolute atomic E-state index is 8.72. The molecule has 0 saturated carbocycles. The van der Waals surface area contributed by atoms with Crippen LogP contribution in [-0.2, 0) is 6.42 Å². The van der Waals surface area contributed by atoms with E-state index in [1.165, 1.54) is 0 Å². The first-order valence-corrected chi connectivity index (χ1v) is 6.12. The SMILES string of the molecule is COc1ccc(-c2ccnc(CC#N)n2)c(OC)c1C. The summed E-state index contributed by atoms with van der Waals surface area (Å²) in [7, 11) is 3.24. The Balaban J connectivity index is 2.55. The molecule has 5 heteroatoms. The lowest BCUT2D eigenvalue weighted by Crippen LogP contribution is -1.99. The van der Waals surface area contributed by atoms with Crippen molar-refractivity contribution in [2.45, 2.75) is 13.3 Å². The summed E-state index contributed by atoms with van der Waals surface area (Å²) in [6, 6.07) is 7.61. The van der Waals surface area contributed by atoms with Gasteiger partial charge in [-0.05, 0) is 25.1 Å². The molecule has 0 radical (unpaired) electrons. The maximum Gasteiger partial charge on any atom is 0.142 e. The van der Waals surface area contributed by atoms with E-state index in [-0.39, 0.29) is 6.42 Å². The predicted molar refractivity (Wildman–Crippen MR) is 74.6 cm³/mol. The second-order valence-electron chi connectivity index (χ2n) is 4.17. The Morgan fingerprint density at radius 1 is 1.20 bits per heavy atom. The lowest BCUT2D eigenvalue weighted by molar-refractivity contribution is 0.390. The highest BCUT2D eigenvalue weighted by atomic mass is 16.5. The van der Waals surface area contributed by atoms with Crippen molar-refractivity contribution in [2.75, 3.05) is 14.2 Å². The summed E-state index contributed by atoms with van der Waals surface area (Å²) in [6.45, 7) is 1.93. The van der Waals surface area contributed by atoms with Crippen molar-refractivity contribution in [3.63, 3.8) is 0 Å². The van der Waals surface area contributed by atoms with Gasteiger partial charge in [0.05, 0.1) is 32.4 Å². The van der Waals surface area contributed by atoms with Crippen molar-refractivity contribution in [3.8, 4) is 28.8 Å². The molecule has 0 fully saturated rings. The van der Waals surface area contributed by atoms with Gasteiger partial charge in [-0.3, -0.25) is 0 Å². The molecule has 0 saturated heterocycles. The van der Waals surface area contributed by atoms with Crippen LogP contribution in [0.2, 0.25) is 0 Å². The Morgan fingerprint density at radius 2 is 2.00 bits per heavy atom. The number of benzene rings is 1. The van der Waals surface area contributed by atoms with Gasteiger partial charge < -0.3 is 9.47 Å². The van der Waals surface area contributed by atoms with E-state index in [1.54, 1.807) is 26.5 Å². The number of aromatic nitrogens is 2. The van der Waals surface area contributed by atoms with E-state index in [0.717, 1.165) is 22.6 Å². The largest absolute Gasteiger partial charge is 0.496 e. The number of ether oxygens (including phenoxy) is 2.